The number of rotatable bonds is 4. The number of nitrogens with one attached hydrogen (secondary N) is 2. The number of methoxy groups -OCH3 is 1. The van der Waals surface area contributed by atoms with Crippen LogP contribution in [0.15, 0.2) is 30.3 Å². The molecule has 2 atom stereocenters. The maximum absolute atomic E-state index is 13.1. The molecule has 1 saturated carbocycles. The highest BCUT2D eigenvalue weighted by Gasteiger charge is 2.29. The highest BCUT2D eigenvalue weighted by atomic mass is 16.5. The Bertz CT molecular complexity index is 981. The lowest BCUT2D eigenvalue weighted by Gasteiger charge is -2.20. The van der Waals surface area contributed by atoms with Gasteiger partial charge in [0, 0.05) is 18.4 Å². The van der Waals surface area contributed by atoms with Gasteiger partial charge in [-0.2, -0.15) is 5.10 Å². The molecule has 140 valence electrons. The zero-order valence-electron chi connectivity index (χ0n) is 15.3. The molecule has 1 fully saturated rings. The average molecular weight is 366 g/mol. The highest BCUT2D eigenvalue weighted by molar-refractivity contribution is 6.07. The van der Waals surface area contributed by atoms with E-state index in [1.54, 1.807) is 37.4 Å². The molecule has 1 aliphatic carbocycles. The monoisotopic (exact) mass is 366 g/mol. The number of pyridine rings is 1. The number of benzene rings is 1. The summed E-state index contributed by atoms with van der Waals surface area (Å²) in [5, 5.41) is 20.5. The number of aromatic amines is 1. The van der Waals surface area contributed by atoms with Gasteiger partial charge in [0.1, 0.15) is 5.75 Å². The lowest BCUT2D eigenvalue weighted by atomic mass is 10.0. The van der Waals surface area contributed by atoms with E-state index in [2.05, 4.69) is 20.5 Å². The second-order valence-corrected chi connectivity index (χ2v) is 6.93. The molecule has 0 bridgehead atoms. The van der Waals surface area contributed by atoms with Gasteiger partial charge >= 0.3 is 0 Å². The number of aromatic nitrogens is 3. The molecule has 1 amide bonds. The Morgan fingerprint density at radius 1 is 1.30 bits per heavy atom. The summed E-state index contributed by atoms with van der Waals surface area (Å²) in [7, 11) is 1.68. The molecular weight excluding hydrogens is 344 g/mol. The number of phenolic OH excluding ortho intramolecular Hbond substituents is 1. The van der Waals surface area contributed by atoms with Crippen LogP contribution < -0.4 is 5.32 Å². The number of carbonyl (C=O) groups is 1. The minimum Gasteiger partial charge on any atom is -0.508 e. The van der Waals surface area contributed by atoms with Crippen LogP contribution in [0, 0.1) is 6.92 Å². The fourth-order valence-corrected chi connectivity index (χ4v) is 3.75. The van der Waals surface area contributed by atoms with Gasteiger partial charge in [-0.3, -0.25) is 9.89 Å². The summed E-state index contributed by atoms with van der Waals surface area (Å²) in [5.74, 6) is 0.0288. The lowest BCUT2D eigenvalue weighted by Crippen LogP contribution is -2.40. The average Bonchev–Trinajstić information content (AvgIpc) is 3.28. The van der Waals surface area contributed by atoms with Crippen LogP contribution in [0.25, 0.3) is 22.3 Å². The lowest BCUT2D eigenvalue weighted by molar-refractivity contribution is 0.0723. The number of phenols is 1. The third kappa shape index (κ3) is 3.26. The van der Waals surface area contributed by atoms with Crippen LogP contribution >= 0.6 is 0 Å². The Balaban J connectivity index is 1.75. The minimum atomic E-state index is -0.152. The van der Waals surface area contributed by atoms with Crippen molar-refractivity contribution in [1.29, 1.82) is 0 Å². The summed E-state index contributed by atoms with van der Waals surface area (Å²) >= 11 is 0. The molecule has 0 unspecified atom stereocenters. The summed E-state index contributed by atoms with van der Waals surface area (Å²) in [4.78, 5) is 17.7. The maximum Gasteiger partial charge on any atom is 0.252 e. The Morgan fingerprint density at radius 2 is 2.07 bits per heavy atom. The first-order chi connectivity index (χ1) is 13.1. The van der Waals surface area contributed by atoms with Crippen LogP contribution in [0.1, 0.15) is 35.3 Å². The van der Waals surface area contributed by atoms with E-state index in [9.17, 15) is 9.90 Å². The van der Waals surface area contributed by atoms with Crippen molar-refractivity contribution in [1.82, 2.24) is 20.5 Å². The molecule has 0 radical (unpaired) electrons. The van der Waals surface area contributed by atoms with Crippen LogP contribution in [0.2, 0.25) is 0 Å². The van der Waals surface area contributed by atoms with Gasteiger partial charge in [-0.15, -0.1) is 0 Å². The molecule has 1 aromatic carbocycles. The van der Waals surface area contributed by atoms with E-state index in [1.807, 2.05) is 6.92 Å². The molecule has 4 rings (SSSR count). The summed E-state index contributed by atoms with van der Waals surface area (Å²) < 4.78 is 5.49. The highest BCUT2D eigenvalue weighted by Crippen LogP contribution is 2.28. The number of ether oxygens (including phenoxy) is 1. The van der Waals surface area contributed by atoms with Crippen LogP contribution in [0.4, 0.5) is 0 Å². The van der Waals surface area contributed by atoms with Gasteiger partial charge in [0.2, 0.25) is 0 Å². The number of nitrogens with zero attached hydrogens (tertiary/aromatic N) is 2. The number of H-pyrrole nitrogens is 1. The van der Waals surface area contributed by atoms with Crippen LogP contribution in [0.3, 0.4) is 0 Å². The Kier molecular flexibility index (Phi) is 4.53. The van der Waals surface area contributed by atoms with E-state index in [4.69, 9.17) is 4.74 Å². The predicted octanol–water partition coefficient (Wildman–Crippen LogP) is 2.94. The molecule has 3 aromatic rings. The first-order valence-corrected chi connectivity index (χ1v) is 9.05. The fourth-order valence-electron chi connectivity index (χ4n) is 3.75. The number of aromatic hydroxyl groups is 1. The van der Waals surface area contributed by atoms with Gasteiger partial charge in [0.25, 0.3) is 5.91 Å². The molecule has 1 aliphatic rings. The smallest absolute Gasteiger partial charge is 0.252 e. The number of carbonyl (C=O) groups excluding carboxylic acids is 1. The molecule has 3 N–H and O–H groups in total. The Labute approximate surface area is 156 Å². The van der Waals surface area contributed by atoms with Crippen LogP contribution in [-0.4, -0.2) is 45.5 Å². The molecule has 2 heterocycles. The SMILES string of the molecule is CO[C@H]1CCC[C@@H]1NC(=O)c1cc(-c2ccc(O)cc2)nc2n[nH]c(C)c12. The zero-order chi connectivity index (χ0) is 19.0. The maximum atomic E-state index is 13.1. The first kappa shape index (κ1) is 17.5. The van der Waals surface area contributed by atoms with E-state index in [0.717, 1.165) is 35.9 Å². The van der Waals surface area contributed by atoms with Gasteiger partial charge < -0.3 is 15.2 Å². The van der Waals surface area contributed by atoms with E-state index in [0.29, 0.717) is 16.9 Å². The van der Waals surface area contributed by atoms with Gasteiger partial charge in [-0.05, 0) is 56.5 Å². The van der Waals surface area contributed by atoms with Gasteiger partial charge in [0.15, 0.2) is 5.65 Å². The minimum absolute atomic E-state index is 0.00930. The topological polar surface area (TPSA) is 100 Å². The molecule has 0 spiro atoms. The van der Waals surface area contributed by atoms with Crippen LogP contribution in [-0.2, 0) is 4.74 Å². The molecule has 2 aromatic heterocycles. The zero-order valence-corrected chi connectivity index (χ0v) is 15.3. The van der Waals surface area contributed by atoms with Crippen molar-refractivity contribution >= 4 is 16.9 Å². The second kappa shape index (κ2) is 7.00. The van der Waals surface area contributed by atoms with Gasteiger partial charge in [-0.1, -0.05) is 0 Å². The largest absolute Gasteiger partial charge is 0.508 e. The molecule has 0 aliphatic heterocycles. The summed E-state index contributed by atoms with van der Waals surface area (Å²) in [6.07, 6.45) is 2.96. The number of fused-ring (bicyclic) bond motifs is 1. The van der Waals surface area contributed by atoms with Crippen molar-refractivity contribution in [3.05, 3.63) is 41.6 Å². The quantitative estimate of drug-likeness (QED) is 0.659. The van der Waals surface area contributed by atoms with E-state index < -0.39 is 0 Å². The van der Waals surface area contributed by atoms with Crippen molar-refractivity contribution in [2.24, 2.45) is 0 Å². The standard InChI is InChI=1S/C20H22N4O3/c1-11-18-14(20(26)22-15-4-3-5-17(15)27-2)10-16(21-19(18)24-23-11)12-6-8-13(25)9-7-12/h6-10,15,17,25H,3-5H2,1-2H3,(H,22,26)(H,21,23,24)/t15-,17-/m0/s1. The van der Waals surface area contributed by atoms with Crippen molar-refractivity contribution < 1.29 is 14.6 Å². The summed E-state index contributed by atoms with van der Waals surface area (Å²) in [6, 6.07) is 8.51. The normalized spacial score (nSPS) is 19.5. The van der Waals surface area contributed by atoms with E-state index >= 15 is 0 Å². The fraction of sp³-hybridized carbons (Fsp3) is 0.350. The van der Waals surface area contributed by atoms with Gasteiger partial charge in [-0.25, -0.2) is 4.98 Å². The predicted molar refractivity (Wildman–Crippen MR) is 102 cm³/mol. The van der Waals surface area contributed by atoms with E-state index in [-0.39, 0.29) is 23.8 Å². The van der Waals surface area contributed by atoms with E-state index in [1.165, 1.54) is 0 Å². The number of aryl methyl sites for hydroxylation is 1. The summed E-state index contributed by atoms with van der Waals surface area (Å²) in [6.45, 7) is 1.88. The van der Waals surface area contributed by atoms with Crippen molar-refractivity contribution in [2.75, 3.05) is 7.11 Å². The van der Waals surface area contributed by atoms with Crippen molar-refractivity contribution in [2.45, 2.75) is 38.3 Å². The van der Waals surface area contributed by atoms with Crippen LogP contribution in [0.5, 0.6) is 5.75 Å². The summed E-state index contributed by atoms with van der Waals surface area (Å²) in [5.41, 5.74) is 3.28. The number of hydrogen-bond acceptors (Lipinski definition) is 5. The third-order valence-electron chi connectivity index (χ3n) is 5.18. The Hall–Kier alpha value is -2.93. The molecule has 7 nitrogen and oxygen atoms in total. The van der Waals surface area contributed by atoms with Crippen molar-refractivity contribution in [3.8, 4) is 17.0 Å². The molecule has 27 heavy (non-hydrogen) atoms. The molecule has 0 saturated heterocycles. The van der Waals surface area contributed by atoms with Crippen molar-refractivity contribution in [3.63, 3.8) is 0 Å². The first-order valence-electron chi connectivity index (χ1n) is 9.05. The number of amides is 1. The van der Waals surface area contributed by atoms with Gasteiger partial charge in [0.05, 0.1) is 28.8 Å². The second-order valence-electron chi connectivity index (χ2n) is 6.93. The number of hydrogen-bond donors (Lipinski definition) is 3. The molecular formula is C20H22N4O3. The third-order valence-corrected chi connectivity index (χ3v) is 5.18. The molecule has 7 heteroatoms. The Morgan fingerprint density at radius 3 is 2.81 bits per heavy atom.